The van der Waals surface area contributed by atoms with Crippen molar-refractivity contribution in [3.63, 3.8) is 0 Å². The number of hydrogen-bond acceptors (Lipinski definition) is 4. The van der Waals surface area contributed by atoms with Crippen molar-refractivity contribution in [2.45, 2.75) is 26.3 Å². The van der Waals surface area contributed by atoms with E-state index in [-0.39, 0.29) is 18.4 Å². The van der Waals surface area contributed by atoms with Crippen molar-refractivity contribution in [3.05, 3.63) is 65.0 Å². The third-order valence-electron chi connectivity index (χ3n) is 4.87. The largest absolute Gasteiger partial charge is 0.497 e. The number of methoxy groups -OCH3 is 1. The van der Waals surface area contributed by atoms with E-state index >= 15 is 0 Å². The summed E-state index contributed by atoms with van der Waals surface area (Å²) in [5.41, 5.74) is 3.78. The predicted molar refractivity (Wildman–Crippen MR) is 103 cm³/mol. The van der Waals surface area contributed by atoms with E-state index in [1.165, 1.54) is 0 Å². The first-order valence-corrected chi connectivity index (χ1v) is 8.80. The lowest BCUT2D eigenvalue weighted by Gasteiger charge is -2.19. The van der Waals surface area contributed by atoms with Crippen LogP contribution in [-0.4, -0.2) is 32.3 Å². The Morgan fingerprint density at radius 3 is 2.44 bits per heavy atom. The van der Waals surface area contributed by atoms with Gasteiger partial charge < -0.3 is 14.6 Å². The molecule has 1 aromatic carbocycles. The fourth-order valence-electron chi connectivity index (χ4n) is 3.19. The second-order valence-electron chi connectivity index (χ2n) is 6.62. The number of benzene rings is 1. The molecule has 3 rings (SSSR count). The normalized spacial score (nSPS) is 12.0. The van der Waals surface area contributed by atoms with Gasteiger partial charge in [0.1, 0.15) is 17.6 Å². The van der Waals surface area contributed by atoms with Gasteiger partial charge in [-0.05, 0) is 31.5 Å². The summed E-state index contributed by atoms with van der Waals surface area (Å²) in [6.07, 6.45) is 3.88. The Morgan fingerprint density at radius 1 is 1.22 bits per heavy atom. The van der Waals surface area contributed by atoms with Crippen molar-refractivity contribution in [2.75, 3.05) is 7.11 Å². The molecule has 0 aliphatic carbocycles. The summed E-state index contributed by atoms with van der Waals surface area (Å²) in [6, 6.07) is 7.30. The first kappa shape index (κ1) is 18.7. The minimum Gasteiger partial charge on any atom is -0.497 e. The number of imidazole rings is 1. The van der Waals surface area contributed by atoms with Crippen LogP contribution in [0.15, 0.2) is 36.7 Å². The lowest BCUT2D eigenvalue weighted by molar-refractivity contribution is -0.121. The summed E-state index contributed by atoms with van der Waals surface area (Å²) in [5.74, 6) is 1.47. The van der Waals surface area contributed by atoms with E-state index in [4.69, 9.17) is 4.74 Å². The molecular weight excluding hydrogens is 342 g/mol. The van der Waals surface area contributed by atoms with Gasteiger partial charge in [-0.2, -0.15) is 5.10 Å². The van der Waals surface area contributed by atoms with Crippen LogP contribution in [0.25, 0.3) is 0 Å². The van der Waals surface area contributed by atoms with Crippen molar-refractivity contribution in [2.24, 2.45) is 14.1 Å². The van der Waals surface area contributed by atoms with Crippen molar-refractivity contribution in [1.82, 2.24) is 24.6 Å². The minimum atomic E-state index is -0.347. The Labute approximate surface area is 159 Å². The lowest BCUT2D eigenvalue weighted by atomic mass is 10.0. The Hall–Kier alpha value is -3.09. The maximum Gasteiger partial charge on any atom is 0.225 e. The van der Waals surface area contributed by atoms with E-state index in [1.54, 1.807) is 18.0 Å². The van der Waals surface area contributed by atoms with Gasteiger partial charge in [0.2, 0.25) is 5.91 Å². The molecule has 3 aromatic rings. The van der Waals surface area contributed by atoms with Crippen LogP contribution in [0, 0.1) is 13.8 Å². The number of aryl methyl sites for hydroxylation is 3. The van der Waals surface area contributed by atoms with Crippen LogP contribution < -0.4 is 10.1 Å². The Bertz CT molecular complexity index is 940. The molecule has 1 amide bonds. The number of hydrogen-bond donors (Lipinski definition) is 1. The number of ether oxygens (including phenoxy) is 1. The molecular formula is C20H25N5O2. The summed E-state index contributed by atoms with van der Waals surface area (Å²) < 4.78 is 8.95. The standard InChI is InChI=1S/C20H25N5O2/c1-13-17(14(2)25(4)23-13)12-18(26)22-19(20-21-10-11-24(20)3)15-6-8-16(27-5)9-7-15/h6-11,19H,12H2,1-5H3,(H,22,26)/t19-/m1/s1. The third kappa shape index (κ3) is 3.86. The number of carbonyl (C=O) groups excluding carboxylic acids is 1. The second-order valence-corrected chi connectivity index (χ2v) is 6.62. The van der Waals surface area contributed by atoms with Crippen LogP contribution in [0.3, 0.4) is 0 Å². The van der Waals surface area contributed by atoms with Gasteiger partial charge in [-0.25, -0.2) is 4.98 Å². The smallest absolute Gasteiger partial charge is 0.225 e. The molecule has 0 unspecified atom stereocenters. The van der Waals surface area contributed by atoms with E-state index in [1.807, 2.05) is 63.0 Å². The number of aromatic nitrogens is 4. The molecule has 7 heteroatoms. The third-order valence-corrected chi connectivity index (χ3v) is 4.87. The quantitative estimate of drug-likeness (QED) is 0.725. The van der Waals surface area contributed by atoms with E-state index < -0.39 is 0 Å². The zero-order valence-electron chi connectivity index (χ0n) is 16.4. The summed E-state index contributed by atoms with van der Waals surface area (Å²) in [4.78, 5) is 17.3. The van der Waals surface area contributed by atoms with Gasteiger partial charge in [-0.1, -0.05) is 12.1 Å². The predicted octanol–water partition coefficient (Wildman–Crippen LogP) is 2.23. The zero-order valence-corrected chi connectivity index (χ0v) is 16.4. The molecule has 2 heterocycles. The topological polar surface area (TPSA) is 74.0 Å². The summed E-state index contributed by atoms with van der Waals surface area (Å²) >= 11 is 0. The molecule has 1 atom stereocenters. The molecule has 0 aliphatic rings. The van der Waals surface area contributed by atoms with Crippen LogP contribution in [0.5, 0.6) is 5.75 Å². The van der Waals surface area contributed by atoms with Crippen LogP contribution >= 0.6 is 0 Å². The van der Waals surface area contributed by atoms with Crippen molar-refractivity contribution < 1.29 is 9.53 Å². The average Bonchev–Trinajstić information content (AvgIpc) is 3.18. The number of carbonyl (C=O) groups is 1. The maximum absolute atomic E-state index is 12.8. The molecule has 27 heavy (non-hydrogen) atoms. The van der Waals surface area contributed by atoms with Gasteiger partial charge in [0.15, 0.2) is 0 Å². The van der Waals surface area contributed by atoms with Crippen molar-refractivity contribution in [1.29, 1.82) is 0 Å². The molecule has 1 N–H and O–H groups in total. The van der Waals surface area contributed by atoms with Gasteiger partial charge in [0.25, 0.3) is 0 Å². The second kappa shape index (κ2) is 7.65. The van der Waals surface area contributed by atoms with Gasteiger partial charge in [-0.15, -0.1) is 0 Å². The van der Waals surface area contributed by atoms with Gasteiger partial charge in [-0.3, -0.25) is 9.48 Å². The highest BCUT2D eigenvalue weighted by atomic mass is 16.5. The molecule has 0 spiro atoms. The summed E-state index contributed by atoms with van der Waals surface area (Å²) in [7, 11) is 5.43. The first-order valence-electron chi connectivity index (χ1n) is 8.80. The zero-order chi connectivity index (χ0) is 19.6. The molecule has 2 aromatic heterocycles. The number of nitrogens with zero attached hydrogens (tertiary/aromatic N) is 4. The van der Waals surface area contributed by atoms with E-state index in [0.29, 0.717) is 0 Å². The molecule has 7 nitrogen and oxygen atoms in total. The van der Waals surface area contributed by atoms with Gasteiger partial charge in [0, 0.05) is 37.7 Å². The van der Waals surface area contributed by atoms with E-state index in [2.05, 4.69) is 15.4 Å². The van der Waals surface area contributed by atoms with Crippen molar-refractivity contribution in [3.8, 4) is 5.75 Å². The first-order chi connectivity index (χ1) is 12.9. The van der Waals surface area contributed by atoms with E-state index in [9.17, 15) is 4.79 Å². The minimum absolute atomic E-state index is 0.0713. The number of amides is 1. The molecule has 0 bridgehead atoms. The lowest BCUT2D eigenvalue weighted by Crippen LogP contribution is -2.32. The van der Waals surface area contributed by atoms with Crippen molar-refractivity contribution >= 4 is 5.91 Å². The van der Waals surface area contributed by atoms with Gasteiger partial charge >= 0.3 is 0 Å². The van der Waals surface area contributed by atoms with Crippen LogP contribution in [-0.2, 0) is 25.3 Å². The maximum atomic E-state index is 12.8. The molecule has 0 saturated carbocycles. The highest BCUT2D eigenvalue weighted by Gasteiger charge is 2.22. The summed E-state index contributed by atoms with van der Waals surface area (Å²) in [5, 5.41) is 7.52. The fourth-order valence-corrected chi connectivity index (χ4v) is 3.19. The Balaban J connectivity index is 1.87. The fraction of sp³-hybridized carbons (Fsp3) is 0.350. The molecule has 0 radical (unpaired) electrons. The monoisotopic (exact) mass is 367 g/mol. The number of nitrogens with one attached hydrogen (secondary N) is 1. The van der Waals surface area contributed by atoms with Gasteiger partial charge in [0.05, 0.1) is 19.2 Å². The van der Waals surface area contributed by atoms with Crippen LogP contribution in [0.2, 0.25) is 0 Å². The Morgan fingerprint density at radius 2 is 1.93 bits per heavy atom. The molecule has 0 aliphatic heterocycles. The van der Waals surface area contributed by atoms with E-state index in [0.717, 1.165) is 34.1 Å². The highest BCUT2D eigenvalue weighted by Crippen LogP contribution is 2.23. The van der Waals surface area contributed by atoms with Crippen LogP contribution in [0.1, 0.15) is 34.4 Å². The molecule has 0 saturated heterocycles. The highest BCUT2D eigenvalue weighted by molar-refractivity contribution is 5.80. The SMILES string of the molecule is COc1ccc([C@@H](NC(=O)Cc2c(C)nn(C)c2C)c2nccn2C)cc1. The Kier molecular flexibility index (Phi) is 5.30. The molecule has 0 fully saturated rings. The summed E-state index contributed by atoms with van der Waals surface area (Å²) in [6.45, 7) is 3.90. The average molecular weight is 367 g/mol. The molecule has 142 valence electrons. The van der Waals surface area contributed by atoms with Crippen LogP contribution in [0.4, 0.5) is 0 Å². The number of rotatable bonds is 6.